The van der Waals surface area contributed by atoms with Crippen LogP contribution in [0.15, 0.2) is 18.2 Å². The molecule has 0 aliphatic heterocycles. The van der Waals surface area contributed by atoms with Gasteiger partial charge in [0.25, 0.3) is 0 Å². The summed E-state index contributed by atoms with van der Waals surface area (Å²) in [5, 5.41) is 4.20. The molecule has 1 unspecified atom stereocenters. The van der Waals surface area contributed by atoms with E-state index < -0.39 is 0 Å². The zero-order valence-corrected chi connectivity index (χ0v) is 9.15. The van der Waals surface area contributed by atoms with Crippen LogP contribution < -0.4 is 5.32 Å². The van der Waals surface area contributed by atoms with Crippen molar-refractivity contribution in [2.75, 3.05) is 6.54 Å². The van der Waals surface area contributed by atoms with Gasteiger partial charge in [-0.1, -0.05) is 30.7 Å². The van der Waals surface area contributed by atoms with Crippen molar-refractivity contribution in [3.05, 3.63) is 34.3 Å². The molecule has 0 bridgehead atoms. The van der Waals surface area contributed by atoms with Gasteiger partial charge in [0, 0.05) is 11.1 Å². The van der Waals surface area contributed by atoms with Crippen molar-refractivity contribution >= 4 is 11.6 Å². The summed E-state index contributed by atoms with van der Waals surface area (Å²) >= 11 is 6.03. The van der Waals surface area contributed by atoms with Crippen molar-refractivity contribution < 1.29 is 0 Å². The van der Waals surface area contributed by atoms with E-state index >= 15 is 0 Å². The highest BCUT2D eigenvalue weighted by molar-refractivity contribution is 6.31. The molecule has 0 saturated heterocycles. The molecule has 1 aromatic rings. The Hall–Kier alpha value is -0.530. The van der Waals surface area contributed by atoms with Crippen LogP contribution in [-0.4, -0.2) is 6.54 Å². The zero-order chi connectivity index (χ0) is 9.84. The van der Waals surface area contributed by atoms with E-state index in [0.29, 0.717) is 6.04 Å². The van der Waals surface area contributed by atoms with Gasteiger partial charge in [-0.2, -0.15) is 0 Å². The lowest BCUT2D eigenvalue weighted by Gasteiger charge is -2.13. The fraction of sp³-hybridized carbons (Fsp3) is 0.455. The largest absolute Gasteiger partial charge is 0.310 e. The lowest BCUT2D eigenvalue weighted by molar-refractivity contribution is 0.598. The Morgan fingerprint density at radius 2 is 2.15 bits per heavy atom. The second kappa shape index (κ2) is 4.64. The van der Waals surface area contributed by atoms with Gasteiger partial charge in [0.1, 0.15) is 0 Å². The zero-order valence-electron chi connectivity index (χ0n) is 8.39. The van der Waals surface area contributed by atoms with Gasteiger partial charge >= 0.3 is 0 Å². The lowest BCUT2D eigenvalue weighted by Crippen LogP contribution is -2.17. The van der Waals surface area contributed by atoms with E-state index in [1.165, 1.54) is 5.56 Å². The molecule has 0 aromatic heterocycles. The van der Waals surface area contributed by atoms with Crippen LogP contribution in [-0.2, 0) is 0 Å². The Morgan fingerprint density at radius 1 is 1.46 bits per heavy atom. The van der Waals surface area contributed by atoms with Gasteiger partial charge in [-0.3, -0.25) is 0 Å². The van der Waals surface area contributed by atoms with Crippen molar-refractivity contribution in [1.29, 1.82) is 0 Å². The first-order valence-electron chi connectivity index (χ1n) is 4.64. The van der Waals surface area contributed by atoms with Crippen molar-refractivity contribution in [1.82, 2.24) is 5.32 Å². The molecule has 1 atom stereocenters. The summed E-state index contributed by atoms with van der Waals surface area (Å²) in [5.41, 5.74) is 2.38. The Labute approximate surface area is 85.1 Å². The summed E-state index contributed by atoms with van der Waals surface area (Å²) in [5.74, 6) is 0. The number of hydrogen-bond donors (Lipinski definition) is 1. The fourth-order valence-corrected chi connectivity index (χ4v) is 1.49. The van der Waals surface area contributed by atoms with E-state index in [1.54, 1.807) is 0 Å². The molecule has 0 fully saturated rings. The Kier molecular flexibility index (Phi) is 3.76. The fourth-order valence-electron chi connectivity index (χ4n) is 1.30. The summed E-state index contributed by atoms with van der Waals surface area (Å²) < 4.78 is 0. The molecule has 1 nitrogen and oxygen atoms in total. The third-order valence-corrected chi connectivity index (χ3v) is 2.61. The third-order valence-electron chi connectivity index (χ3n) is 2.21. The predicted octanol–water partition coefficient (Wildman–Crippen LogP) is 3.32. The predicted molar refractivity (Wildman–Crippen MR) is 58.3 cm³/mol. The van der Waals surface area contributed by atoms with Gasteiger partial charge in [0.05, 0.1) is 0 Å². The number of halogens is 1. The maximum absolute atomic E-state index is 6.03. The summed E-state index contributed by atoms with van der Waals surface area (Å²) in [6.45, 7) is 7.24. The van der Waals surface area contributed by atoms with Crippen LogP contribution in [0.2, 0.25) is 5.02 Å². The average Bonchev–Trinajstić information content (AvgIpc) is 2.10. The molecule has 0 saturated carbocycles. The van der Waals surface area contributed by atoms with E-state index in [9.17, 15) is 0 Å². The van der Waals surface area contributed by atoms with Gasteiger partial charge in [-0.15, -0.1) is 0 Å². The van der Waals surface area contributed by atoms with Crippen molar-refractivity contribution in [3.8, 4) is 0 Å². The number of rotatable bonds is 3. The topological polar surface area (TPSA) is 12.0 Å². The number of nitrogens with one attached hydrogen (secondary N) is 1. The summed E-state index contributed by atoms with van der Waals surface area (Å²) in [6, 6.07) is 6.59. The molecule has 72 valence electrons. The van der Waals surface area contributed by atoms with Crippen LogP contribution in [0.25, 0.3) is 0 Å². The first kappa shape index (κ1) is 10.6. The molecule has 0 aliphatic carbocycles. The molecular weight excluding hydrogens is 182 g/mol. The second-order valence-corrected chi connectivity index (χ2v) is 3.70. The number of aryl methyl sites for hydroxylation is 1. The van der Waals surface area contributed by atoms with Gasteiger partial charge in [0.15, 0.2) is 0 Å². The minimum atomic E-state index is 0.378. The smallest absolute Gasteiger partial charge is 0.0438 e. The van der Waals surface area contributed by atoms with E-state index in [1.807, 2.05) is 13.0 Å². The first-order chi connectivity index (χ1) is 6.15. The van der Waals surface area contributed by atoms with Gasteiger partial charge in [0.2, 0.25) is 0 Å². The standard InChI is InChI=1S/C11H16ClN/c1-4-13-9(3)10-6-5-8(2)11(12)7-10/h5-7,9,13H,4H2,1-3H3. The lowest BCUT2D eigenvalue weighted by atomic mass is 10.1. The Bertz CT molecular complexity index is 283. The van der Waals surface area contributed by atoms with Crippen LogP contribution in [0.3, 0.4) is 0 Å². The Morgan fingerprint density at radius 3 is 2.69 bits per heavy atom. The SMILES string of the molecule is CCNC(C)c1ccc(C)c(Cl)c1. The van der Waals surface area contributed by atoms with Crippen molar-refractivity contribution in [3.63, 3.8) is 0 Å². The van der Waals surface area contributed by atoms with Gasteiger partial charge < -0.3 is 5.32 Å². The average molecular weight is 198 g/mol. The molecule has 0 spiro atoms. The molecular formula is C11H16ClN. The summed E-state index contributed by atoms with van der Waals surface area (Å²) in [7, 11) is 0. The van der Waals surface area contributed by atoms with Gasteiger partial charge in [-0.05, 0) is 37.6 Å². The second-order valence-electron chi connectivity index (χ2n) is 3.29. The van der Waals surface area contributed by atoms with E-state index in [4.69, 9.17) is 11.6 Å². The van der Waals surface area contributed by atoms with Crippen LogP contribution in [0.5, 0.6) is 0 Å². The normalized spacial score (nSPS) is 12.9. The number of benzene rings is 1. The number of hydrogen-bond acceptors (Lipinski definition) is 1. The van der Waals surface area contributed by atoms with Gasteiger partial charge in [-0.25, -0.2) is 0 Å². The molecule has 13 heavy (non-hydrogen) atoms. The minimum absolute atomic E-state index is 0.378. The third kappa shape index (κ3) is 2.71. The molecule has 1 aromatic carbocycles. The molecule has 2 heteroatoms. The molecule has 1 rings (SSSR count). The molecule has 1 N–H and O–H groups in total. The molecule has 0 amide bonds. The first-order valence-corrected chi connectivity index (χ1v) is 5.02. The van der Waals surface area contributed by atoms with E-state index in [2.05, 4.69) is 31.3 Å². The Balaban J connectivity index is 2.84. The van der Waals surface area contributed by atoms with E-state index in [-0.39, 0.29) is 0 Å². The quantitative estimate of drug-likeness (QED) is 0.784. The maximum atomic E-state index is 6.03. The monoisotopic (exact) mass is 197 g/mol. The van der Waals surface area contributed by atoms with Crippen molar-refractivity contribution in [2.45, 2.75) is 26.8 Å². The van der Waals surface area contributed by atoms with Crippen LogP contribution in [0.1, 0.15) is 31.0 Å². The maximum Gasteiger partial charge on any atom is 0.0438 e. The van der Waals surface area contributed by atoms with Crippen LogP contribution >= 0.6 is 11.6 Å². The highest BCUT2D eigenvalue weighted by Crippen LogP contribution is 2.20. The molecule has 0 aliphatic rings. The summed E-state index contributed by atoms with van der Waals surface area (Å²) in [4.78, 5) is 0. The highest BCUT2D eigenvalue weighted by atomic mass is 35.5. The minimum Gasteiger partial charge on any atom is -0.310 e. The van der Waals surface area contributed by atoms with Crippen LogP contribution in [0, 0.1) is 6.92 Å². The van der Waals surface area contributed by atoms with Crippen molar-refractivity contribution in [2.24, 2.45) is 0 Å². The van der Waals surface area contributed by atoms with E-state index in [0.717, 1.165) is 17.1 Å². The molecule has 0 radical (unpaired) electrons. The van der Waals surface area contributed by atoms with Crippen LogP contribution in [0.4, 0.5) is 0 Å². The highest BCUT2D eigenvalue weighted by Gasteiger charge is 2.04. The molecule has 0 heterocycles. The summed E-state index contributed by atoms with van der Waals surface area (Å²) in [6.07, 6.45) is 0.